The third-order valence-electron chi connectivity index (χ3n) is 12.5. The van der Waals surface area contributed by atoms with Crippen molar-refractivity contribution in [3.63, 3.8) is 0 Å². The number of ether oxygens (including phenoxy) is 3. The maximum absolute atomic E-state index is 10.8. The average Bonchev–Trinajstić information content (AvgIpc) is 3.77. The fourth-order valence-electron chi connectivity index (χ4n) is 8.34. The number of hydrogen-bond acceptors (Lipinski definition) is 24. The monoisotopic (exact) mass is 1020 g/mol. The lowest BCUT2D eigenvalue weighted by Crippen LogP contribution is -2.94. The second-order valence-electron chi connectivity index (χ2n) is 17.5. The molecule has 0 bridgehead atoms. The van der Waals surface area contributed by atoms with Crippen LogP contribution in [0.2, 0.25) is 0 Å². The van der Waals surface area contributed by atoms with Gasteiger partial charge in [-0.05, 0) is 23.9 Å². The Hall–Kier alpha value is -5.61. The number of carbonyl (C=O) groups is 1. The second kappa shape index (κ2) is 22.9. The Morgan fingerprint density at radius 1 is 0.718 bits per heavy atom. The van der Waals surface area contributed by atoms with Crippen LogP contribution in [0.15, 0.2) is 38.0 Å². The molecule has 0 radical (unpaired) electrons. The van der Waals surface area contributed by atoms with Gasteiger partial charge in [-0.2, -0.15) is 0 Å². The van der Waals surface area contributed by atoms with E-state index in [-0.39, 0.29) is 41.9 Å². The number of nitrogens with one attached hydrogen (secondary N) is 2. The van der Waals surface area contributed by atoms with Gasteiger partial charge < -0.3 is 87.9 Å². The van der Waals surface area contributed by atoms with Gasteiger partial charge in [-0.25, -0.2) is 44.9 Å². The Morgan fingerprint density at radius 2 is 1.13 bits per heavy atom. The van der Waals surface area contributed by atoms with Crippen LogP contribution in [0.1, 0.15) is 45.9 Å². The number of aliphatic hydroxyl groups is 6. The number of carboxylic acids is 1. The number of nitrogens with two attached hydrogens (primary N) is 3. The summed E-state index contributed by atoms with van der Waals surface area (Å²) < 4.78 is 22.2. The van der Waals surface area contributed by atoms with Gasteiger partial charge in [-0.15, -0.1) is 0 Å². The van der Waals surface area contributed by atoms with Crippen LogP contribution >= 0.6 is 0 Å². The van der Waals surface area contributed by atoms with Crippen LogP contribution in [0.3, 0.4) is 0 Å². The highest BCUT2D eigenvalue weighted by molar-refractivity contribution is 7.96. The van der Waals surface area contributed by atoms with Crippen LogP contribution in [-0.2, 0) is 29.9 Å². The fourth-order valence-corrected chi connectivity index (χ4v) is 10.0. The van der Waals surface area contributed by atoms with Gasteiger partial charge >= 0.3 is 0 Å². The van der Waals surface area contributed by atoms with Gasteiger partial charge in [0.15, 0.2) is 53.1 Å². The SMILES string of the molecule is C.CCCNC[C@H]1O[C@@H](n2cnc3c(N)ncnc32)[C@@H](O)C1O.C[S+](CC[C@H]([NH3+])C(=O)[O-])C[C@H]1O[C@@H](n2cnc3c(N)ncnc32)[C@@H](O)C1O.Nc1ncnc2c1ncn2[C@@H]1O[C@H](C[NH+]2CC2)C(O)[C@@H]1O. The summed E-state index contributed by atoms with van der Waals surface area (Å²) in [6, 6.07) is -0.768. The molecule has 30 heteroatoms. The van der Waals surface area contributed by atoms with E-state index in [1.54, 1.807) is 9.13 Å². The van der Waals surface area contributed by atoms with Crippen molar-refractivity contribution < 1.29 is 65.4 Å². The van der Waals surface area contributed by atoms with E-state index in [1.165, 1.54) is 47.4 Å². The standard InChI is InChI=1S/C15H22N6O5S.C13H20N6O3.C12H16N6O3.CH4/c1-27(3-2-7(16)15(24)25)4-8-10(22)11(23)14(26-8)21-6-20-9-12(17)18-5-19-13(9)21;1-2-3-15-4-7-9(20)10(21)13(22-7)19-6-18-8-11(14)16-5-17-12(8)19;13-10-7-11(15-4-14-10)18(5-16-7)12-9(20)8(19)6(21-12)3-17-1-2-17;/h5-8,10-11,14,22-23H,2-4,16H2,1H3,(H2-,17,18,19,24,25);5-7,9-10,13,15,20-21H,2-4H2,1H3,(H2,14,16,17);4-6,8-9,12,19-20H,1-3H2,(H2,13,14,15);1H4/p+2/t7-,8+,10?,11-,14+,27?;7-,9?,10+,13-;6-,8?,9+,12-;/m011./s1. The highest BCUT2D eigenvalue weighted by Gasteiger charge is 2.49. The van der Waals surface area contributed by atoms with Gasteiger partial charge in [0, 0.05) is 13.0 Å². The number of aliphatic carboxylic acids is 1. The molecule has 0 aromatic carbocycles. The molecule has 4 unspecified atom stereocenters. The molecule has 0 spiro atoms. The summed E-state index contributed by atoms with van der Waals surface area (Å²) in [6.07, 6.45) is 1.66. The van der Waals surface area contributed by atoms with E-state index in [2.05, 4.69) is 62.8 Å². The minimum absolute atomic E-state index is 0. The molecule has 0 amide bonds. The molecule has 17 N–H and O–H groups in total. The predicted octanol–water partition coefficient (Wildman–Crippen LogP) is -7.38. The number of fused-ring (bicyclic) bond motifs is 3. The predicted molar refractivity (Wildman–Crippen MR) is 252 cm³/mol. The molecule has 14 atom stereocenters. The van der Waals surface area contributed by atoms with Crippen molar-refractivity contribution in [1.29, 1.82) is 0 Å². The van der Waals surface area contributed by atoms with Gasteiger partial charge in [-0.1, -0.05) is 14.4 Å². The molecule has 0 saturated carbocycles. The lowest BCUT2D eigenvalue weighted by Gasteiger charge is -2.16. The van der Waals surface area contributed by atoms with Crippen molar-refractivity contribution >= 4 is 67.8 Å². The summed E-state index contributed by atoms with van der Waals surface area (Å²) in [5.41, 5.74) is 23.5. The molecule has 4 fully saturated rings. The minimum Gasteiger partial charge on any atom is -0.544 e. The molecular weight excluding hydrogens is 953 g/mol. The lowest BCUT2D eigenvalue weighted by molar-refractivity contribution is -0.764. The first-order valence-electron chi connectivity index (χ1n) is 22.6. The highest BCUT2D eigenvalue weighted by atomic mass is 32.2. The van der Waals surface area contributed by atoms with Crippen molar-refractivity contribution in [3.8, 4) is 0 Å². The molecular formula is C41H64N18O11S+2. The summed E-state index contributed by atoms with van der Waals surface area (Å²) >= 11 is 0. The molecule has 71 heavy (non-hydrogen) atoms. The van der Waals surface area contributed by atoms with Crippen molar-refractivity contribution in [3.05, 3.63) is 38.0 Å². The van der Waals surface area contributed by atoms with E-state index in [1.807, 2.05) is 6.26 Å². The average molecular weight is 1020 g/mol. The van der Waals surface area contributed by atoms with Crippen molar-refractivity contribution in [1.82, 2.24) is 63.9 Å². The van der Waals surface area contributed by atoms with Crippen LogP contribution < -0.4 is 38.3 Å². The molecule has 10 heterocycles. The topological polar surface area (TPSA) is 442 Å². The molecule has 6 aromatic heterocycles. The maximum atomic E-state index is 10.8. The van der Waals surface area contributed by atoms with E-state index in [0.717, 1.165) is 26.1 Å². The zero-order valence-electron chi connectivity index (χ0n) is 38.3. The third-order valence-corrected chi connectivity index (χ3v) is 14.3. The van der Waals surface area contributed by atoms with Crippen molar-refractivity contribution in [2.45, 2.75) is 107 Å². The Morgan fingerprint density at radius 3 is 1.55 bits per heavy atom. The summed E-state index contributed by atoms with van der Waals surface area (Å²) in [7, 11) is -0.223. The first kappa shape index (κ1) is 53.2. The number of nitrogen functional groups attached to an aromatic ring is 3. The van der Waals surface area contributed by atoms with E-state index in [0.29, 0.717) is 64.5 Å². The number of carbonyl (C=O) groups excluding carboxylic acids is 1. The van der Waals surface area contributed by atoms with Crippen molar-refractivity contribution in [2.75, 3.05) is 67.7 Å². The summed E-state index contributed by atoms with van der Waals surface area (Å²) in [4.78, 5) is 48.6. The van der Waals surface area contributed by atoms with Crippen LogP contribution in [0.25, 0.3) is 33.5 Å². The molecule has 4 aliphatic heterocycles. The van der Waals surface area contributed by atoms with E-state index < -0.39 is 79.5 Å². The zero-order chi connectivity index (χ0) is 50.0. The van der Waals surface area contributed by atoms with E-state index in [9.17, 15) is 40.5 Å². The number of rotatable bonds is 15. The molecule has 0 aliphatic carbocycles. The molecule has 4 saturated heterocycles. The van der Waals surface area contributed by atoms with E-state index in [4.69, 9.17) is 31.4 Å². The van der Waals surface area contributed by atoms with Gasteiger partial charge in [0.1, 0.15) is 128 Å². The summed E-state index contributed by atoms with van der Waals surface area (Å²) in [5.74, 6) is 0.683. The Labute approximate surface area is 408 Å². The summed E-state index contributed by atoms with van der Waals surface area (Å²) in [6.45, 7) is 6.21. The largest absolute Gasteiger partial charge is 0.544 e. The molecule has 10 rings (SSSR count). The Kier molecular flexibility index (Phi) is 17.1. The smallest absolute Gasteiger partial charge is 0.167 e. The van der Waals surface area contributed by atoms with Gasteiger partial charge in [0.25, 0.3) is 0 Å². The Balaban J connectivity index is 0.000000157. The van der Waals surface area contributed by atoms with Gasteiger partial charge in [-0.3, -0.25) is 13.7 Å². The zero-order valence-corrected chi connectivity index (χ0v) is 39.1. The number of aliphatic hydroxyl groups excluding tert-OH is 6. The fraction of sp³-hybridized carbons (Fsp3) is 0.610. The molecule has 6 aromatic rings. The van der Waals surface area contributed by atoms with Crippen LogP contribution in [0.5, 0.6) is 0 Å². The van der Waals surface area contributed by atoms with Crippen LogP contribution in [-0.4, -0.2) is 207 Å². The first-order chi connectivity index (χ1) is 33.6. The van der Waals surface area contributed by atoms with Crippen LogP contribution in [0.4, 0.5) is 17.5 Å². The minimum atomic E-state index is -1.17. The maximum Gasteiger partial charge on any atom is 0.167 e. The van der Waals surface area contributed by atoms with Crippen molar-refractivity contribution in [2.24, 2.45) is 0 Å². The number of nitrogens with zero attached hydrogens (tertiary/aromatic N) is 12. The number of aromatic nitrogens is 12. The number of quaternary nitrogens is 2. The second-order valence-corrected chi connectivity index (χ2v) is 19.8. The number of anilines is 3. The quantitative estimate of drug-likeness (QED) is 0.0258. The molecule has 4 aliphatic rings. The highest BCUT2D eigenvalue weighted by Crippen LogP contribution is 2.35. The Bertz CT molecular complexity index is 2710. The van der Waals surface area contributed by atoms with Gasteiger partial charge in [0.05, 0.1) is 31.2 Å². The van der Waals surface area contributed by atoms with Crippen LogP contribution in [0, 0.1) is 0 Å². The first-order valence-corrected chi connectivity index (χ1v) is 24.6. The van der Waals surface area contributed by atoms with E-state index >= 15 is 0 Å². The summed E-state index contributed by atoms with van der Waals surface area (Å²) in [5, 5.41) is 75.6. The third kappa shape index (κ3) is 11.4. The molecule has 29 nitrogen and oxygen atoms in total. The number of imidazole rings is 3. The van der Waals surface area contributed by atoms with Gasteiger partial charge in [0.2, 0.25) is 0 Å². The number of hydrogen-bond donors (Lipinski definition) is 12. The lowest BCUT2D eigenvalue weighted by atomic mass is 10.1. The normalized spacial score (nSPS) is 29.1. The molecule has 388 valence electrons. The number of carboxylic acid groups (broad SMARTS) is 1.